The van der Waals surface area contributed by atoms with Crippen molar-refractivity contribution in [2.75, 3.05) is 0 Å². The topological polar surface area (TPSA) is 176 Å². The van der Waals surface area contributed by atoms with Gasteiger partial charge in [-0.2, -0.15) is 0 Å². The number of benzene rings is 10. The van der Waals surface area contributed by atoms with E-state index >= 15 is 0 Å². The molecule has 149 heavy (non-hydrogen) atoms. The number of nitrogens with zero attached hydrogens (tertiary/aromatic N) is 11. The maximum absolute atomic E-state index is 12.2. The van der Waals surface area contributed by atoms with E-state index in [1.165, 1.54) is 56.5 Å². The fourth-order valence-electron chi connectivity index (χ4n) is 15.6. The molecule has 19 heteroatoms. The van der Waals surface area contributed by atoms with E-state index < -0.39 is 0 Å². The molecule has 10 aromatic carbocycles. The van der Waals surface area contributed by atoms with Crippen LogP contribution in [-0.4, -0.2) is 52.5 Å². The SMILES string of the molecule is CC(C)(C)c1cc(=O)n2[c-]cc(C(C)(C)C)nc2c1.CC(C)(C)c1cc(=O)n2[c-]cc3ccccc3c2n1.CC(C)(C)c1cc(=O)n2[c-]cc3ccccc3c2n1.CC(C)(C)c1cc(=O)n2[c-]cccc2c1.Cc1cnc(-c2[c-]cccc2)cc1-c1ccccc1.[Ir].[Ir].[Ir].[Ir].[c-]1ccccc1-c1cc(-c2ccccc2)ccn1.[c-]1ccccc1-c1ccc(-c2ccccc2)cn1.[c-]1ccccc1-c1ccc(-c2ccccc2)cn1. The fraction of sp³-hybridized carbons (Fsp3) is 0.162. The van der Waals surface area contributed by atoms with Gasteiger partial charge in [-0.3, -0.25) is 9.97 Å². The molecule has 22 aromatic rings. The number of hydrogen-bond acceptors (Lipinski definition) is 11. The Kier molecular flexibility index (Phi) is 40.3. The minimum absolute atomic E-state index is 0. The molecule has 0 N–H and O–H groups in total. The summed E-state index contributed by atoms with van der Waals surface area (Å²) >= 11 is 0. The Balaban J connectivity index is 0.000000161. The largest absolute Gasteiger partial charge is 0.405 e. The summed E-state index contributed by atoms with van der Waals surface area (Å²) in [7, 11) is 0. The van der Waals surface area contributed by atoms with Gasteiger partial charge in [-0.15, -0.1) is 180 Å². The van der Waals surface area contributed by atoms with Gasteiger partial charge in [-0.25, -0.2) is 0 Å². The molecule has 0 fully saturated rings. The third-order valence-electron chi connectivity index (χ3n) is 23.9. The molecular formula is C130H115Ir4N11O4-8. The molecule has 4 radical (unpaired) electrons. The first-order valence-electron chi connectivity index (χ1n) is 48.3. The Bertz CT molecular complexity index is 7950. The molecular weight excluding hydrogens is 2550 g/mol. The number of fused-ring (bicyclic) bond motifs is 8. The average molecular weight is 2660 g/mol. The van der Waals surface area contributed by atoms with Gasteiger partial charge in [0.1, 0.15) is 0 Å². The zero-order valence-electron chi connectivity index (χ0n) is 86.1. The minimum atomic E-state index is -0.148. The van der Waals surface area contributed by atoms with E-state index in [9.17, 15) is 19.2 Å². The van der Waals surface area contributed by atoms with Crippen LogP contribution in [0, 0.1) is 56.0 Å². The molecule has 0 unspecified atom stereocenters. The minimum Gasteiger partial charge on any atom is -0.405 e. The van der Waals surface area contributed by atoms with Crippen LogP contribution in [0.4, 0.5) is 0 Å². The van der Waals surface area contributed by atoms with Crippen molar-refractivity contribution in [2.45, 2.75) is 138 Å². The summed E-state index contributed by atoms with van der Waals surface area (Å²) in [5.41, 5.74) is 25.5. The molecule has 12 aromatic heterocycles. The van der Waals surface area contributed by atoms with Crippen LogP contribution < -0.4 is 22.2 Å². The molecule has 12 heterocycles. The Morgan fingerprint density at radius 1 is 0.255 bits per heavy atom. The van der Waals surface area contributed by atoms with Crippen molar-refractivity contribution < 1.29 is 80.4 Å². The average Bonchev–Trinajstić information content (AvgIpc) is 0.764. The number of aryl methyl sites for hydroxylation is 1. The maximum atomic E-state index is 12.2. The van der Waals surface area contributed by atoms with Gasteiger partial charge in [0.15, 0.2) is 22.2 Å². The van der Waals surface area contributed by atoms with Gasteiger partial charge in [0.2, 0.25) is 0 Å². The van der Waals surface area contributed by atoms with E-state index in [1.54, 1.807) is 36.4 Å². The normalized spacial score (nSPS) is 11.0. The molecule has 0 aliphatic rings. The van der Waals surface area contributed by atoms with Gasteiger partial charge in [0.25, 0.3) is 0 Å². The van der Waals surface area contributed by atoms with Crippen molar-refractivity contribution in [3.05, 3.63) is 531 Å². The van der Waals surface area contributed by atoms with Crippen LogP contribution in [0.2, 0.25) is 0 Å². The zero-order chi connectivity index (χ0) is 102. The summed E-state index contributed by atoms with van der Waals surface area (Å²) in [6, 6.07) is 138. The molecule has 0 saturated heterocycles. The number of aromatic nitrogens is 11. The van der Waals surface area contributed by atoms with Crippen LogP contribution in [0.1, 0.15) is 138 Å². The first kappa shape index (κ1) is 115. The van der Waals surface area contributed by atoms with E-state index in [0.29, 0.717) is 16.9 Å². The summed E-state index contributed by atoms with van der Waals surface area (Å²) in [6.07, 6.45) is 19.5. The van der Waals surface area contributed by atoms with E-state index in [-0.39, 0.29) is 130 Å². The van der Waals surface area contributed by atoms with Gasteiger partial charge >= 0.3 is 0 Å². The van der Waals surface area contributed by atoms with Gasteiger partial charge in [-0.1, -0.05) is 380 Å². The van der Waals surface area contributed by atoms with Crippen LogP contribution in [0.5, 0.6) is 0 Å². The molecule has 22 rings (SSSR count). The van der Waals surface area contributed by atoms with E-state index in [0.717, 1.165) is 111 Å². The second-order valence-electron chi connectivity index (χ2n) is 40.0. The summed E-state index contributed by atoms with van der Waals surface area (Å²) in [5.74, 6) is 0. The van der Waals surface area contributed by atoms with Gasteiger partial charge in [-0.05, 0) is 138 Å². The number of hydrogen-bond donors (Lipinski definition) is 0. The molecule has 0 aliphatic carbocycles. The standard InChI is InChI=1S/C18H14N.3C17H12N.2C16H15N2O.C16H21N2O.C13H14NO.4Ir/c1-14-13-19-18(16-10-6-3-7-11-16)12-17(14)15-8-4-2-5-9-15;1-3-7-14(8-4-1)16-11-12-18-17(13-16)15-9-5-2-6-10-15;2*1-3-7-14(8-4-1)16-11-12-17(18-13-16)15-9-5-2-6-10-15;2*1-16(2,3)13-10-14(19)18-9-8-11-6-4-5-7-12(11)15(18)17-13;1-15(2,3)11-9-13-17-12(16(4,5)6)7-8-18(13)14(19)10-11;1-13(2,3)10-8-11-6-4-5-7-14(11)12(15)9-10;;;;/h2-10,12-13H,1H3;3*1-9,11-13H;2*4-8,10H,1-3H3;7,9-10H,1-6H3;4-6,8-9H,1-3H3;;;;/q8*-1;;;;. The van der Waals surface area contributed by atoms with E-state index in [2.05, 4.69) is 280 Å². The second kappa shape index (κ2) is 52.3. The van der Waals surface area contributed by atoms with Crippen molar-refractivity contribution >= 4 is 44.0 Å². The molecule has 0 saturated carbocycles. The first-order valence-corrected chi connectivity index (χ1v) is 48.3. The third-order valence-corrected chi connectivity index (χ3v) is 23.9. The Morgan fingerprint density at radius 2 is 0.624 bits per heavy atom. The van der Waals surface area contributed by atoms with Crippen molar-refractivity contribution in [2.24, 2.45) is 0 Å². The molecule has 0 spiro atoms. The third kappa shape index (κ3) is 30.6. The predicted octanol–water partition coefficient (Wildman–Crippen LogP) is 28.5. The van der Waals surface area contributed by atoms with E-state index in [1.807, 2.05) is 286 Å². The van der Waals surface area contributed by atoms with Gasteiger partial charge in [0, 0.05) is 133 Å². The van der Waals surface area contributed by atoms with Crippen molar-refractivity contribution in [3.8, 4) is 89.5 Å². The summed E-state index contributed by atoms with van der Waals surface area (Å²) in [5, 5.41) is 4.04. The predicted molar refractivity (Wildman–Crippen MR) is 592 cm³/mol. The van der Waals surface area contributed by atoms with Crippen LogP contribution in [0.3, 0.4) is 0 Å². The molecule has 0 aliphatic heterocycles. The van der Waals surface area contributed by atoms with Gasteiger partial charge in [0.05, 0.1) is 11.3 Å². The Hall–Kier alpha value is -14.6. The molecule has 0 bridgehead atoms. The number of rotatable bonds is 8. The maximum Gasteiger partial charge on any atom is 0.173 e. The van der Waals surface area contributed by atoms with Crippen molar-refractivity contribution in [1.29, 1.82) is 0 Å². The molecule has 0 atom stereocenters. The van der Waals surface area contributed by atoms with Crippen LogP contribution >= 0.6 is 0 Å². The number of pyridine rings is 9. The monoisotopic (exact) mass is 2670 g/mol. The smallest absolute Gasteiger partial charge is 0.173 e. The van der Waals surface area contributed by atoms with Crippen molar-refractivity contribution in [3.63, 3.8) is 0 Å². The fourth-order valence-corrected chi connectivity index (χ4v) is 15.6. The van der Waals surface area contributed by atoms with Crippen LogP contribution in [-0.2, 0) is 107 Å². The second-order valence-corrected chi connectivity index (χ2v) is 40.0. The van der Waals surface area contributed by atoms with Crippen molar-refractivity contribution in [1.82, 2.24) is 52.5 Å². The molecule has 0 amide bonds. The summed E-state index contributed by atoms with van der Waals surface area (Å²) in [6.45, 7) is 33.3. The Labute approximate surface area is 927 Å². The zero-order valence-corrected chi connectivity index (χ0v) is 95.6. The molecule has 15 nitrogen and oxygen atoms in total. The van der Waals surface area contributed by atoms with E-state index in [4.69, 9.17) is 0 Å². The van der Waals surface area contributed by atoms with Crippen LogP contribution in [0.25, 0.3) is 134 Å². The van der Waals surface area contributed by atoms with Crippen LogP contribution in [0.15, 0.2) is 426 Å². The molecule has 758 valence electrons. The van der Waals surface area contributed by atoms with Gasteiger partial charge < -0.3 is 61.7 Å². The Morgan fingerprint density at radius 3 is 1.03 bits per heavy atom. The quantitative estimate of drug-likeness (QED) is 0.104. The summed E-state index contributed by atoms with van der Waals surface area (Å²) in [4.78, 5) is 80.1. The summed E-state index contributed by atoms with van der Waals surface area (Å²) < 4.78 is 5.98. The first-order chi connectivity index (χ1) is 69.6.